The molecule has 1 heterocycles. The van der Waals surface area contributed by atoms with Crippen LogP contribution >= 0.6 is 0 Å². The molecule has 4 saturated carbocycles. The van der Waals surface area contributed by atoms with Gasteiger partial charge in [0.15, 0.2) is 0 Å². The van der Waals surface area contributed by atoms with Crippen LogP contribution in [-0.2, 0) is 0 Å². The molecule has 0 amide bonds. The highest BCUT2D eigenvalue weighted by atomic mass is 16.5. The van der Waals surface area contributed by atoms with Crippen molar-refractivity contribution in [3.8, 4) is 5.88 Å². The molecular formula is C17H24N2O. The van der Waals surface area contributed by atoms with Gasteiger partial charge in [0.25, 0.3) is 0 Å². The number of pyridine rings is 1. The Morgan fingerprint density at radius 3 is 2.30 bits per heavy atom. The predicted molar refractivity (Wildman–Crippen MR) is 79.4 cm³/mol. The second-order valence-corrected chi connectivity index (χ2v) is 7.45. The van der Waals surface area contributed by atoms with E-state index < -0.39 is 0 Å². The lowest BCUT2D eigenvalue weighted by molar-refractivity contribution is -0.0624. The van der Waals surface area contributed by atoms with Gasteiger partial charge in [-0.2, -0.15) is 0 Å². The van der Waals surface area contributed by atoms with E-state index in [9.17, 15) is 0 Å². The number of hydrogen-bond donors (Lipinski definition) is 1. The van der Waals surface area contributed by atoms with Crippen molar-refractivity contribution in [3.05, 3.63) is 18.3 Å². The molecule has 1 aromatic heterocycles. The van der Waals surface area contributed by atoms with E-state index in [-0.39, 0.29) is 0 Å². The highest BCUT2D eigenvalue weighted by molar-refractivity contribution is 5.35. The Bertz CT molecular complexity index is 447. The summed E-state index contributed by atoms with van der Waals surface area (Å²) in [6, 6.07) is 3.72. The molecule has 0 spiro atoms. The maximum absolute atomic E-state index is 5.83. The van der Waals surface area contributed by atoms with Gasteiger partial charge in [-0.05, 0) is 74.2 Å². The number of aromatic nitrogens is 1. The number of nitrogens with zero attached hydrogens (tertiary/aromatic N) is 1. The number of rotatable bonds is 4. The summed E-state index contributed by atoms with van der Waals surface area (Å²) in [5, 5.41) is 0. The first-order valence-corrected chi connectivity index (χ1v) is 8.05. The van der Waals surface area contributed by atoms with E-state index in [1.807, 2.05) is 12.1 Å². The van der Waals surface area contributed by atoms with Gasteiger partial charge in [-0.25, -0.2) is 4.98 Å². The summed E-state index contributed by atoms with van der Waals surface area (Å²) in [7, 11) is 0. The van der Waals surface area contributed by atoms with Crippen molar-refractivity contribution >= 4 is 5.69 Å². The van der Waals surface area contributed by atoms with Crippen LogP contribution in [0.25, 0.3) is 0 Å². The van der Waals surface area contributed by atoms with E-state index in [1.54, 1.807) is 6.20 Å². The normalized spacial score (nSPS) is 38.1. The first-order valence-electron chi connectivity index (χ1n) is 8.05. The zero-order valence-corrected chi connectivity index (χ0v) is 12.1. The molecule has 4 fully saturated rings. The summed E-state index contributed by atoms with van der Waals surface area (Å²) in [5.41, 5.74) is 6.93. The van der Waals surface area contributed by atoms with Crippen LogP contribution in [0.4, 0.5) is 5.69 Å². The largest absolute Gasteiger partial charge is 0.478 e. The molecule has 0 saturated heterocycles. The summed E-state index contributed by atoms with van der Waals surface area (Å²) < 4.78 is 5.83. The molecule has 0 aliphatic heterocycles. The van der Waals surface area contributed by atoms with Gasteiger partial charge < -0.3 is 10.5 Å². The van der Waals surface area contributed by atoms with Gasteiger partial charge >= 0.3 is 0 Å². The van der Waals surface area contributed by atoms with Crippen molar-refractivity contribution in [1.82, 2.24) is 4.98 Å². The molecule has 20 heavy (non-hydrogen) atoms. The Labute approximate surface area is 120 Å². The minimum Gasteiger partial charge on any atom is -0.478 e. The van der Waals surface area contributed by atoms with Crippen LogP contribution in [-0.4, -0.2) is 11.6 Å². The van der Waals surface area contributed by atoms with Gasteiger partial charge in [-0.15, -0.1) is 0 Å². The van der Waals surface area contributed by atoms with E-state index in [1.165, 1.54) is 44.9 Å². The molecule has 3 heteroatoms. The molecular weight excluding hydrogens is 248 g/mol. The van der Waals surface area contributed by atoms with Crippen molar-refractivity contribution in [3.63, 3.8) is 0 Å². The lowest BCUT2D eigenvalue weighted by atomic mass is 9.49. The van der Waals surface area contributed by atoms with E-state index in [0.717, 1.165) is 24.4 Å². The average Bonchev–Trinajstić information content (AvgIpc) is 2.39. The van der Waals surface area contributed by atoms with E-state index in [0.29, 0.717) is 17.0 Å². The fourth-order valence-electron chi connectivity index (χ4n) is 5.45. The Hall–Kier alpha value is -1.25. The highest BCUT2D eigenvalue weighted by Crippen LogP contribution is 2.61. The molecule has 0 radical (unpaired) electrons. The van der Waals surface area contributed by atoms with Crippen LogP contribution in [0.3, 0.4) is 0 Å². The van der Waals surface area contributed by atoms with Crippen LogP contribution in [0.1, 0.15) is 44.9 Å². The predicted octanol–water partition coefficient (Wildman–Crippen LogP) is 3.65. The zero-order chi connectivity index (χ0) is 13.6. The Balaban J connectivity index is 1.36. The van der Waals surface area contributed by atoms with Crippen molar-refractivity contribution in [2.75, 3.05) is 12.3 Å². The quantitative estimate of drug-likeness (QED) is 0.910. The Kier molecular flexibility index (Phi) is 2.90. The number of nitrogens with two attached hydrogens (primary N) is 1. The lowest BCUT2D eigenvalue weighted by Gasteiger charge is -2.57. The van der Waals surface area contributed by atoms with Gasteiger partial charge in [-0.3, -0.25) is 0 Å². The number of anilines is 1. The third kappa shape index (κ3) is 2.27. The minimum atomic E-state index is 0.600. The van der Waals surface area contributed by atoms with E-state index in [2.05, 4.69) is 4.98 Å². The molecule has 4 bridgehead atoms. The average molecular weight is 272 g/mol. The SMILES string of the molecule is Nc1ccc(OCCC23CC4CC(CC(C4)C2)C3)nc1. The van der Waals surface area contributed by atoms with Gasteiger partial charge in [0.1, 0.15) is 0 Å². The molecule has 0 unspecified atom stereocenters. The van der Waals surface area contributed by atoms with Crippen LogP contribution in [0.2, 0.25) is 0 Å². The van der Waals surface area contributed by atoms with Crippen LogP contribution in [0.5, 0.6) is 5.88 Å². The molecule has 3 nitrogen and oxygen atoms in total. The summed E-state index contributed by atoms with van der Waals surface area (Å²) in [6.45, 7) is 0.809. The van der Waals surface area contributed by atoms with Crippen LogP contribution in [0, 0.1) is 23.2 Å². The van der Waals surface area contributed by atoms with Crippen LogP contribution < -0.4 is 10.5 Å². The topological polar surface area (TPSA) is 48.1 Å². The van der Waals surface area contributed by atoms with Crippen molar-refractivity contribution < 1.29 is 4.74 Å². The maximum Gasteiger partial charge on any atom is 0.213 e. The summed E-state index contributed by atoms with van der Waals surface area (Å²) in [4.78, 5) is 4.21. The van der Waals surface area contributed by atoms with Crippen LogP contribution in [0.15, 0.2) is 18.3 Å². The number of ether oxygens (including phenoxy) is 1. The van der Waals surface area contributed by atoms with E-state index in [4.69, 9.17) is 10.5 Å². The highest BCUT2D eigenvalue weighted by Gasteiger charge is 2.50. The smallest absolute Gasteiger partial charge is 0.213 e. The molecule has 0 aromatic carbocycles. The summed E-state index contributed by atoms with van der Waals surface area (Å²) in [5.74, 6) is 3.78. The van der Waals surface area contributed by atoms with Crippen molar-refractivity contribution in [2.45, 2.75) is 44.9 Å². The Morgan fingerprint density at radius 1 is 1.10 bits per heavy atom. The molecule has 108 valence electrons. The van der Waals surface area contributed by atoms with Gasteiger partial charge in [-0.1, -0.05) is 0 Å². The molecule has 5 rings (SSSR count). The monoisotopic (exact) mass is 272 g/mol. The summed E-state index contributed by atoms with van der Waals surface area (Å²) >= 11 is 0. The lowest BCUT2D eigenvalue weighted by Crippen LogP contribution is -2.46. The van der Waals surface area contributed by atoms with Crippen molar-refractivity contribution in [1.29, 1.82) is 0 Å². The fraction of sp³-hybridized carbons (Fsp3) is 0.706. The second kappa shape index (κ2) is 4.64. The summed E-state index contributed by atoms with van der Waals surface area (Å²) in [6.07, 6.45) is 11.8. The molecule has 4 aliphatic rings. The zero-order valence-electron chi connectivity index (χ0n) is 12.1. The standard InChI is InChI=1S/C17H24N2O/c18-15-1-2-16(19-11-15)20-4-3-17-8-12-5-13(9-17)7-14(6-12)10-17/h1-2,11-14H,3-10,18H2. The Morgan fingerprint density at radius 2 is 1.75 bits per heavy atom. The first kappa shape index (κ1) is 12.5. The first-order chi connectivity index (χ1) is 9.71. The third-order valence-electron chi connectivity index (χ3n) is 5.81. The molecule has 1 aromatic rings. The van der Waals surface area contributed by atoms with Crippen molar-refractivity contribution in [2.24, 2.45) is 23.2 Å². The molecule has 0 atom stereocenters. The maximum atomic E-state index is 5.83. The fourth-order valence-corrected chi connectivity index (χ4v) is 5.45. The van der Waals surface area contributed by atoms with Gasteiger partial charge in [0.05, 0.1) is 18.5 Å². The molecule has 4 aliphatic carbocycles. The minimum absolute atomic E-state index is 0.600. The number of nitrogen functional groups attached to an aromatic ring is 1. The number of hydrogen-bond acceptors (Lipinski definition) is 3. The van der Waals surface area contributed by atoms with E-state index >= 15 is 0 Å². The van der Waals surface area contributed by atoms with Gasteiger partial charge in [0.2, 0.25) is 5.88 Å². The second-order valence-electron chi connectivity index (χ2n) is 7.45. The van der Waals surface area contributed by atoms with Gasteiger partial charge in [0, 0.05) is 6.07 Å². The third-order valence-corrected chi connectivity index (χ3v) is 5.81. The molecule has 2 N–H and O–H groups in total.